The summed E-state index contributed by atoms with van der Waals surface area (Å²) in [4.78, 5) is 0. The van der Waals surface area contributed by atoms with Crippen LogP contribution in [0.4, 0.5) is 0 Å². The summed E-state index contributed by atoms with van der Waals surface area (Å²) in [5, 5.41) is 8.21. The first-order valence-electron chi connectivity index (χ1n) is 13.1. The Kier molecular flexibility index (Phi) is 4.19. The minimum atomic E-state index is 0.00409. The predicted molar refractivity (Wildman–Crippen MR) is 157 cm³/mol. The van der Waals surface area contributed by atoms with Crippen molar-refractivity contribution in [2.45, 2.75) is 52.4 Å². The number of hydrogen-bond donors (Lipinski definition) is 0. The second-order valence-electron chi connectivity index (χ2n) is 12.3. The first-order chi connectivity index (χ1) is 17.1. The molecule has 0 amide bonds. The first kappa shape index (κ1) is 21.6. The standard InChI is InChI=1S/C36H32/c1-21-17-30(22-11-15-28-27-9-7-8-10-31(27)36(5,6)32(28)20-22)29-16-13-24-19-25(35(2,3)4)18-23-12-14-26(21)34(29)33(23)24/h7-20H,1-6H3. The van der Waals surface area contributed by atoms with E-state index in [1.165, 1.54) is 76.8 Å². The fourth-order valence-electron chi connectivity index (χ4n) is 6.64. The quantitative estimate of drug-likeness (QED) is 0.212. The highest BCUT2D eigenvalue weighted by atomic mass is 14.4. The lowest BCUT2D eigenvalue weighted by Crippen LogP contribution is -2.14. The summed E-state index contributed by atoms with van der Waals surface area (Å²) in [7, 11) is 0. The monoisotopic (exact) mass is 464 g/mol. The molecule has 7 rings (SSSR count). The van der Waals surface area contributed by atoms with Gasteiger partial charge in [0.2, 0.25) is 0 Å². The van der Waals surface area contributed by atoms with Crippen LogP contribution in [0.3, 0.4) is 0 Å². The van der Waals surface area contributed by atoms with E-state index in [1.807, 2.05) is 0 Å². The van der Waals surface area contributed by atoms with Crippen molar-refractivity contribution in [2.75, 3.05) is 0 Å². The maximum Gasteiger partial charge on any atom is 0.0159 e. The van der Waals surface area contributed by atoms with Gasteiger partial charge in [0, 0.05) is 5.41 Å². The maximum absolute atomic E-state index is 2.46. The highest BCUT2D eigenvalue weighted by molar-refractivity contribution is 6.26. The van der Waals surface area contributed by atoms with Crippen molar-refractivity contribution in [1.82, 2.24) is 0 Å². The average molecular weight is 465 g/mol. The Labute approximate surface area is 213 Å². The minimum Gasteiger partial charge on any atom is -0.0619 e. The Morgan fingerprint density at radius 1 is 0.583 bits per heavy atom. The number of hydrogen-bond acceptors (Lipinski definition) is 0. The molecule has 0 atom stereocenters. The highest BCUT2D eigenvalue weighted by Crippen LogP contribution is 2.50. The summed E-state index contributed by atoms with van der Waals surface area (Å²) < 4.78 is 0. The molecule has 0 radical (unpaired) electrons. The van der Waals surface area contributed by atoms with Crippen LogP contribution in [0.25, 0.3) is 54.6 Å². The molecule has 0 saturated heterocycles. The van der Waals surface area contributed by atoms with Crippen LogP contribution in [0.15, 0.2) is 84.9 Å². The molecule has 0 nitrogen and oxygen atoms in total. The zero-order valence-corrected chi connectivity index (χ0v) is 22.1. The van der Waals surface area contributed by atoms with Gasteiger partial charge >= 0.3 is 0 Å². The molecule has 0 spiro atoms. The lowest BCUT2D eigenvalue weighted by molar-refractivity contribution is 0.591. The summed E-state index contributed by atoms with van der Waals surface area (Å²) >= 11 is 0. The third kappa shape index (κ3) is 2.82. The van der Waals surface area contributed by atoms with Gasteiger partial charge in [-0.25, -0.2) is 0 Å². The van der Waals surface area contributed by atoms with Gasteiger partial charge in [0.1, 0.15) is 0 Å². The Bertz CT molecular complexity index is 1820. The molecule has 0 aliphatic heterocycles. The average Bonchev–Trinajstić information content (AvgIpc) is 3.09. The summed E-state index contributed by atoms with van der Waals surface area (Å²) in [5.41, 5.74) is 11.1. The predicted octanol–water partition coefficient (Wildman–Crippen LogP) is 10.2. The molecule has 0 N–H and O–H groups in total. The van der Waals surface area contributed by atoms with Crippen LogP contribution in [0.1, 0.15) is 56.9 Å². The second kappa shape index (κ2) is 6.98. The van der Waals surface area contributed by atoms with Crippen molar-refractivity contribution in [3.05, 3.63) is 107 Å². The SMILES string of the molecule is Cc1cc(-c2ccc3c(c2)C(C)(C)c2ccccc2-3)c2ccc3cc(C(C)(C)C)cc4ccc1c2c43. The van der Waals surface area contributed by atoms with E-state index in [0.717, 1.165) is 0 Å². The van der Waals surface area contributed by atoms with Gasteiger partial charge in [-0.05, 0) is 95.2 Å². The summed E-state index contributed by atoms with van der Waals surface area (Å²) in [5.74, 6) is 0. The van der Waals surface area contributed by atoms with Gasteiger partial charge in [-0.3, -0.25) is 0 Å². The molecule has 36 heavy (non-hydrogen) atoms. The molecule has 0 heteroatoms. The molecule has 0 bridgehead atoms. The topological polar surface area (TPSA) is 0 Å². The summed E-state index contributed by atoms with van der Waals surface area (Å²) in [6.07, 6.45) is 0. The van der Waals surface area contributed by atoms with Crippen molar-refractivity contribution >= 4 is 32.3 Å². The molecular formula is C36H32. The van der Waals surface area contributed by atoms with Crippen LogP contribution >= 0.6 is 0 Å². The molecule has 1 aliphatic rings. The van der Waals surface area contributed by atoms with Crippen LogP contribution in [-0.4, -0.2) is 0 Å². The Hall–Kier alpha value is -3.64. The van der Waals surface area contributed by atoms with Gasteiger partial charge < -0.3 is 0 Å². The smallest absolute Gasteiger partial charge is 0.0159 e. The molecule has 0 aromatic heterocycles. The van der Waals surface area contributed by atoms with Gasteiger partial charge in [-0.15, -0.1) is 0 Å². The molecule has 0 unspecified atom stereocenters. The van der Waals surface area contributed by atoms with Gasteiger partial charge in [0.15, 0.2) is 0 Å². The number of rotatable bonds is 1. The first-order valence-corrected chi connectivity index (χ1v) is 13.1. The van der Waals surface area contributed by atoms with Crippen LogP contribution in [0.2, 0.25) is 0 Å². The lowest BCUT2D eigenvalue weighted by atomic mass is 9.80. The maximum atomic E-state index is 2.46. The molecule has 0 saturated carbocycles. The molecule has 176 valence electrons. The fraction of sp³-hybridized carbons (Fsp3) is 0.222. The van der Waals surface area contributed by atoms with E-state index in [2.05, 4.69) is 126 Å². The zero-order chi connectivity index (χ0) is 25.0. The van der Waals surface area contributed by atoms with E-state index in [1.54, 1.807) is 0 Å². The van der Waals surface area contributed by atoms with E-state index in [4.69, 9.17) is 0 Å². The molecule has 0 heterocycles. The number of fused-ring (bicyclic) bond motifs is 3. The number of aryl methyl sites for hydroxylation is 1. The van der Waals surface area contributed by atoms with Crippen LogP contribution < -0.4 is 0 Å². The Morgan fingerprint density at radius 2 is 1.25 bits per heavy atom. The molecular weight excluding hydrogens is 432 g/mol. The summed E-state index contributed by atoms with van der Waals surface area (Å²) in [6.45, 7) is 13.9. The van der Waals surface area contributed by atoms with Crippen molar-refractivity contribution < 1.29 is 0 Å². The van der Waals surface area contributed by atoms with E-state index < -0.39 is 0 Å². The van der Waals surface area contributed by atoms with Crippen molar-refractivity contribution in [1.29, 1.82) is 0 Å². The van der Waals surface area contributed by atoms with Gasteiger partial charge in [-0.2, -0.15) is 0 Å². The van der Waals surface area contributed by atoms with Gasteiger partial charge in [0.05, 0.1) is 0 Å². The van der Waals surface area contributed by atoms with Gasteiger partial charge in [0.25, 0.3) is 0 Å². The Morgan fingerprint density at radius 3 is 1.97 bits per heavy atom. The van der Waals surface area contributed by atoms with E-state index in [0.29, 0.717) is 0 Å². The van der Waals surface area contributed by atoms with Crippen molar-refractivity contribution in [3.63, 3.8) is 0 Å². The van der Waals surface area contributed by atoms with Crippen LogP contribution in [0, 0.1) is 6.92 Å². The molecule has 6 aromatic carbocycles. The summed E-state index contributed by atoms with van der Waals surface area (Å²) in [6, 6.07) is 32.6. The highest BCUT2D eigenvalue weighted by Gasteiger charge is 2.35. The Balaban J connectivity index is 1.52. The third-order valence-corrected chi connectivity index (χ3v) is 8.68. The van der Waals surface area contributed by atoms with Crippen LogP contribution in [0.5, 0.6) is 0 Å². The van der Waals surface area contributed by atoms with E-state index >= 15 is 0 Å². The molecule has 1 aliphatic carbocycles. The van der Waals surface area contributed by atoms with Crippen LogP contribution in [-0.2, 0) is 10.8 Å². The lowest BCUT2D eigenvalue weighted by Gasteiger charge is -2.23. The van der Waals surface area contributed by atoms with E-state index in [-0.39, 0.29) is 10.8 Å². The number of benzene rings is 6. The fourth-order valence-corrected chi connectivity index (χ4v) is 6.64. The zero-order valence-electron chi connectivity index (χ0n) is 22.1. The molecule has 0 fully saturated rings. The second-order valence-corrected chi connectivity index (χ2v) is 12.3. The van der Waals surface area contributed by atoms with Crippen molar-refractivity contribution in [2.24, 2.45) is 0 Å². The van der Waals surface area contributed by atoms with Gasteiger partial charge in [-0.1, -0.05) is 113 Å². The largest absolute Gasteiger partial charge is 0.0619 e. The van der Waals surface area contributed by atoms with Crippen molar-refractivity contribution in [3.8, 4) is 22.3 Å². The van der Waals surface area contributed by atoms with E-state index in [9.17, 15) is 0 Å². The minimum absolute atomic E-state index is 0.00409. The molecule has 6 aromatic rings. The third-order valence-electron chi connectivity index (χ3n) is 8.68. The normalized spacial score (nSPS) is 14.6.